The lowest BCUT2D eigenvalue weighted by molar-refractivity contribution is 0.0224. The summed E-state index contributed by atoms with van der Waals surface area (Å²) in [6.07, 6.45) is 3.70. The molecule has 25 heavy (non-hydrogen) atoms. The summed E-state index contributed by atoms with van der Waals surface area (Å²) in [6.45, 7) is 6.56. The average Bonchev–Trinajstić information content (AvgIpc) is 2.56. The fourth-order valence-electron chi connectivity index (χ4n) is 2.78. The van der Waals surface area contributed by atoms with Gasteiger partial charge in [0.15, 0.2) is 0 Å². The number of nitrogens with two attached hydrogens (primary N) is 1. The fraction of sp³-hybridized carbons (Fsp3) is 0.368. The first-order valence-corrected chi connectivity index (χ1v) is 8.29. The van der Waals surface area contributed by atoms with Crippen molar-refractivity contribution in [2.24, 2.45) is 0 Å². The molecule has 0 saturated heterocycles. The van der Waals surface area contributed by atoms with Crippen LogP contribution >= 0.6 is 0 Å². The summed E-state index contributed by atoms with van der Waals surface area (Å²) >= 11 is 0. The van der Waals surface area contributed by atoms with Crippen molar-refractivity contribution in [2.45, 2.75) is 39.3 Å². The standard InChI is InChI=1S/C19H23N3O3/c1-19(2,3)25-18(23)22-10-8-14-15(12-22)16(20)6-7-17(14)24-13-5-4-9-21-11-13/h4-7,9,11H,8,10,12,20H2,1-3H3. The van der Waals surface area contributed by atoms with Crippen molar-refractivity contribution in [3.05, 3.63) is 47.8 Å². The number of aromatic nitrogens is 1. The Morgan fingerprint density at radius 1 is 1.24 bits per heavy atom. The van der Waals surface area contributed by atoms with Gasteiger partial charge in [0.2, 0.25) is 0 Å². The van der Waals surface area contributed by atoms with Gasteiger partial charge in [0, 0.05) is 29.6 Å². The van der Waals surface area contributed by atoms with E-state index in [9.17, 15) is 4.79 Å². The van der Waals surface area contributed by atoms with E-state index in [1.807, 2.05) is 45.0 Å². The van der Waals surface area contributed by atoms with Crippen LogP contribution in [0.1, 0.15) is 31.9 Å². The first kappa shape index (κ1) is 17.1. The summed E-state index contributed by atoms with van der Waals surface area (Å²) in [5.74, 6) is 1.42. The molecule has 1 aliphatic rings. The zero-order chi connectivity index (χ0) is 18.0. The maximum absolute atomic E-state index is 12.3. The lowest BCUT2D eigenvalue weighted by Crippen LogP contribution is -2.40. The van der Waals surface area contributed by atoms with Gasteiger partial charge in [-0.25, -0.2) is 4.79 Å². The van der Waals surface area contributed by atoms with Crippen LogP contribution in [0.15, 0.2) is 36.7 Å². The SMILES string of the molecule is CC(C)(C)OC(=O)N1CCc2c(Oc3cccnc3)ccc(N)c2C1. The number of hydrogen-bond acceptors (Lipinski definition) is 5. The maximum Gasteiger partial charge on any atom is 0.410 e. The van der Waals surface area contributed by atoms with Crippen molar-refractivity contribution in [3.8, 4) is 11.5 Å². The number of hydrogen-bond donors (Lipinski definition) is 1. The molecule has 0 aliphatic carbocycles. The molecular weight excluding hydrogens is 318 g/mol. The second kappa shape index (κ2) is 6.63. The van der Waals surface area contributed by atoms with Gasteiger partial charge < -0.3 is 20.1 Å². The van der Waals surface area contributed by atoms with Crippen LogP contribution in [0.3, 0.4) is 0 Å². The third-order valence-corrected chi connectivity index (χ3v) is 3.92. The molecule has 2 aromatic rings. The molecule has 1 aromatic heterocycles. The molecule has 6 heteroatoms. The number of carbonyl (C=O) groups is 1. The Bertz CT molecular complexity index is 769. The molecule has 0 saturated carbocycles. The number of amides is 1. The minimum Gasteiger partial charge on any atom is -0.455 e. The van der Waals surface area contributed by atoms with E-state index < -0.39 is 5.60 Å². The molecule has 0 radical (unpaired) electrons. The molecule has 6 nitrogen and oxygen atoms in total. The number of pyridine rings is 1. The van der Waals surface area contributed by atoms with Crippen molar-refractivity contribution in [3.63, 3.8) is 0 Å². The Balaban J connectivity index is 1.83. The van der Waals surface area contributed by atoms with Crippen LogP contribution in [0.2, 0.25) is 0 Å². The van der Waals surface area contributed by atoms with Gasteiger partial charge in [0.05, 0.1) is 12.7 Å². The van der Waals surface area contributed by atoms with Gasteiger partial charge in [0.1, 0.15) is 17.1 Å². The van der Waals surface area contributed by atoms with Crippen molar-refractivity contribution < 1.29 is 14.3 Å². The van der Waals surface area contributed by atoms with Gasteiger partial charge in [-0.1, -0.05) is 0 Å². The van der Waals surface area contributed by atoms with Gasteiger partial charge in [-0.05, 0) is 51.5 Å². The van der Waals surface area contributed by atoms with Crippen LogP contribution in [-0.4, -0.2) is 28.1 Å². The van der Waals surface area contributed by atoms with E-state index in [0.29, 0.717) is 30.9 Å². The molecule has 132 valence electrons. The highest BCUT2D eigenvalue weighted by Gasteiger charge is 2.28. The molecule has 0 bridgehead atoms. The second-order valence-corrected chi connectivity index (χ2v) is 7.05. The number of benzene rings is 1. The maximum atomic E-state index is 12.3. The largest absolute Gasteiger partial charge is 0.455 e. The minimum absolute atomic E-state index is 0.323. The van der Waals surface area contributed by atoms with E-state index >= 15 is 0 Å². The predicted molar refractivity (Wildman–Crippen MR) is 95.5 cm³/mol. The van der Waals surface area contributed by atoms with Gasteiger partial charge >= 0.3 is 6.09 Å². The molecular formula is C19H23N3O3. The summed E-state index contributed by atoms with van der Waals surface area (Å²) in [5.41, 5.74) is 8.23. The van der Waals surface area contributed by atoms with Crippen LogP contribution in [0.5, 0.6) is 11.5 Å². The fourth-order valence-corrected chi connectivity index (χ4v) is 2.78. The molecule has 2 N–H and O–H groups in total. The van der Waals surface area contributed by atoms with E-state index in [2.05, 4.69) is 4.98 Å². The molecule has 0 spiro atoms. The highest BCUT2D eigenvalue weighted by Crippen LogP contribution is 2.35. The number of carbonyl (C=O) groups excluding carboxylic acids is 1. The Morgan fingerprint density at radius 3 is 2.72 bits per heavy atom. The van der Waals surface area contributed by atoms with E-state index in [1.54, 1.807) is 17.3 Å². The number of nitrogen functional groups attached to an aromatic ring is 1. The van der Waals surface area contributed by atoms with Gasteiger partial charge in [0.25, 0.3) is 0 Å². The smallest absolute Gasteiger partial charge is 0.410 e. The van der Waals surface area contributed by atoms with Crippen molar-refractivity contribution >= 4 is 11.8 Å². The molecule has 1 amide bonds. The van der Waals surface area contributed by atoms with Crippen LogP contribution in [0.25, 0.3) is 0 Å². The molecule has 1 aromatic carbocycles. The topological polar surface area (TPSA) is 77.7 Å². The van der Waals surface area contributed by atoms with Crippen LogP contribution in [0, 0.1) is 0 Å². The Labute approximate surface area is 147 Å². The molecule has 0 fully saturated rings. The lowest BCUT2D eigenvalue weighted by Gasteiger charge is -2.32. The average molecular weight is 341 g/mol. The Kier molecular flexibility index (Phi) is 4.53. The van der Waals surface area contributed by atoms with E-state index in [1.165, 1.54) is 0 Å². The molecule has 0 unspecified atom stereocenters. The van der Waals surface area contributed by atoms with E-state index in [-0.39, 0.29) is 6.09 Å². The monoisotopic (exact) mass is 341 g/mol. The second-order valence-electron chi connectivity index (χ2n) is 7.05. The third kappa shape index (κ3) is 4.02. The zero-order valence-electron chi connectivity index (χ0n) is 14.8. The molecule has 1 aliphatic heterocycles. The highest BCUT2D eigenvalue weighted by molar-refractivity contribution is 5.70. The van der Waals surface area contributed by atoms with Gasteiger partial charge in [-0.2, -0.15) is 0 Å². The number of rotatable bonds is 2. The van der Waals surface area contributed by atoms with Crippen LogP contribution < -0.4 is 10.5 Å². The lowest BCUT2D eigenvalue weighted by atomic mass is 9.97. The van der Waals surface area contributed by atoms with E-state index in [4.69, 9.17) is 15.2 Å². The van der Waals surface area contributed by atoms with Gasteiger partial charge in [-0.15, -0.1) is 0 Å². The molecule has 3 rings (SSSR count). The number of anilines is 1. The summed E-state index contributed by atoms with van der Waals surface area (Å²) in [7, 11) is 0. The number of nitrogens with zero attached hydrogens (tertiary/aromatic N) is 2. The van der Waals surface area contributed by atoms with E-state index in [0.717, 1.165) is 16.9 Å². The molecule has 0 atom stereocenters. The summed E-state index contributed by atoms with van der Waals surface area (Å²) in [4.78, 5) is 18.1. The van der Waals surface area contributed by atoms with Crippen molar-refractivity contribution in [1.29, 1.82) is 0 Å². The Morgan fingerprint density at radius 2 is 2.04 bits per heavy atom. The molecule has 2 heterocycles. The number of fused-ring (bicyclic) bond motifs is 1. The first-order chi connectivity index (χ1) is 11.8. The van der Waals surface area contributed by atoms with Crippen molar-refractivity contribution in [1.82, 2.24) is 9.88 Å². The van der Waals surface area contributed by atoms with Crippen LogP contribution in [0.4, 0.5) is 10.5 Å². The normalized spacial score (nSPS) is 14.0. The highest BCUT2D eigenvalue weighted by atomic mass is 16.6. The Hall–Kier alpha value is -2.76. The zero-order valence-corrected chi connectivity index (χ0v) is 14.8. The summed E-state index contributed by atoms with van der Waals surface area (Å²) < 4.78 is 11.4. The quantitative estimate of drug-likeness (QED) is 0.842. The predicted octanol–water partition coefficient (Wildman–Crippen LogP) is 3.75. The summed E-state index contributed by atoms with van der Waals surface area (Å²) in [6, 6.07) is 7.35. The summed E-state index contributed by atoms with van der Waals surface area (Å²) in [5, 5.41) is 0. The third-order valence-electron chi connectivity index (χ3n) is 3.92. The first-order valence-electron chi connectivity index (χ1n) is 8.29. The minimum atomic E-state index is -0.520. The number of ether oxygens (including phenoxy) is 2. The van der Waals surface area contributed by atoms with Crippen molar-refractivity contribution in [2.75, 3.05) is 12.3 Å². The van der Waals surface area contributed by atoms with Crippen LogP contribution in [-0.2, 0) is 17.7 Å². The van der Waals surface area contributed by atoms with Gasteiger partial charge in [-0.3, -0.25) is 4.98 Å².